The lowest BCUT2D eigenvalue weighted by Gasteiger charge is -2.18. The van der Waals surface area contributed by atoms with Crippen molar-refractivity contribution in [1.82, 2.24) is 5.32 Å². The molecule has 0 bridgehead atoms. The van der Waals surface area contributed by atoms with Crippen LogP contribution in [0.4, 0.5) is 0 Å². The number of aryl methyl sites for hydroxylation is 1. The number of nitrogens with one attached hydrogen (secondary N) is 1. The van der Waals surface area contributed by atoms with E-state index in [2.05, 4.69) is 24.4 Å². The first-order valence-corrected chi connectivity index (χ1v) is 5.80. The predicted octanol–water partition coefficient (Wildman–Crippen LogP) is 0.621. The molecule has 0 aliphatic carbocycles. The topological polar surface area (TPSA) is 52.5 Å². The normalized spacial score (nSPS) is 26.9. The summed E-state index contributed by atoms with van der Waals surface area (Å²) in [6.45, 7) is 2.64. The zero-order valence-corrected chi connectivity index (χ0v) is 9.56. The molecule has 1 aromatic carbocycles. The Balaban J connectivity index is 1.91. The van der Waals surface area contributed by atoms with Gasteiger partial charge in [0.25, 0.3) is 0 Å². The third-order valence-corrected chi connectivity index (χ3v) is 3.17. The van der Waals surface area contributed by atoms with Crippen LogP contribution in [0.1, 0.15) is 17.5 Å². The number of β-amino-alcohol motifs (C(OH)–C–C–N with tert-alkyl or cyclic N) is 1. The fourth-order valence-corrected chi connectivity index (χ4v) is 2.15. The molecule has 3 heteroatoms. The standard InChI is InChI=1S/C13H19NO2/c1-9-2-4-10(5-3-9)6-13(16)12-7-11(15)8-14-12/h2-5,11-16H,6-8H2,1H3/t11-,12+,13?/m0/s1. The Bertz CT molecular complexity index is 336. The van der Waals surface area contributed by atoms with E-state index in [-0.39, 0.29) is 12.1 Å². The maximum Gasteiger partial charge on any atom is 0.0734 e. The molecule has 1 aliphatic rings. The molecular formula is C13H19NO2. The van der Waals surface area contributed by atoms with E-state index in [0.29, 0.717) is 19.4 Å². The summed E-state index contributed by atoms with van der Waals surface area (Å²) in [7, 11) is 0. The second kappa shape index (κ2) is 4.95. The van der Waals surface area contributed by atoms with Gasteiger partial charge in [-0.05, 0) is 25.3 Å². The van der Waals surface area contributed by atoms with Crippen molar-refractivity contribution in [3.8, 4) is 0 Å². The second-order valence-electron chi connectivity index (χ2n) is 4.66. The molecule has 3 nitrogen and oxygen atoms in total. The first kappa shape index (κ1) is 11.6. The molecule has 1 aliphatic heterocycles. The van der Waals surface area contributed by atoms with Gasteiger partial charge in [0, 0.05) is 12.6 Å². The molecule has 0 aromatic heterocycles. The van der Waals surface area contributed by atoms with Crippen molar-refractivity contribution in [3.05, 3.63) is 35.4 Å². The molecule has 3 atom stereocenters. The maximum atomic E-state index is 10.0. The van der Waals surface area contributed by atoms with E-state index in [1.54, 1.807) is 0 Å². The highest BCUT2D eigenvalue weighted by molar-refractivity contribution is 5.22. The van der Waals surface area contributed by atoms with E-state index in [9.17, 15) is 10.2 Å². The minimum Gasteiger partial charge on any atom is -0.392 e. The molecule has 88 valence electrons. The molecule has 2 rings (SSSR count). The van der Waals surface area contributed by atoms with Gasteiger partial charge in [-0.15, -0.1) is 0 Å². The first-order valence-electron chi connectivity index (χ1n) is 5.80. The van der Waals surface area contributed by atoms with E-state index in [1.165, 1.54) is 5.56 Å². The molecule has 1 unspecified atom stereocenters. The van der Waals surface area contributed by atoms with Gasteiger partial charge in [0.05, 0.1) is 12.2 Å². The molecule has 0 amide bonds. The van der Waals surface area contributed by atoms with Crippen LogP contribution in [0.25, 0.3) is 0 Å². The molecule has 1 heterocycles. The predicted molar refractivity (Wildman–Crippen MR) is 63.3 cm³/mol. The Morgan fingerprint density at radius 3 is 2.62 bits per heavy atom. The first-order chi connectivity index (χ1) is 7.65. The average Bonchev–Trinajstić information content (AvgIpc) is 2.68. The zero-order valence-electron chi connectivity index (χ0n) is 9.56. The summed E-state index contributed by atoms with van der Waals surface area (Å²) in [5.74, 6) is 0. The second-order valence-corrected chi connectivity index (χ2v) is 4.66. The Kier molecular flexibility index (Phi) is 3.59. The summed E-state index contributed by atoms with van der Waals surface area (Å²) in [6.07, 6.45) is 0.565. The Hall–Kier alpha value is -0.900. The Morgan fingerprint density at radius 2 is 2.06 bits per heavy atom. The SMILES string of the molecule is Cc1ccc(CC(O)[C@H]2C[C@H](O)CN2)cc1. The van der Waals surface area contributed by atoms with Crippen molar-refractivity contribution < 1.29 is 10.2 Å². The van der Waals surface area contributed by atoms with Crippen molar-refractivity contribution in [1.29, 1.82) is 0 Å². The molecule has 1 saturated heterocycles. The van der Waals surface area contributed by atoms with Gasteiger partial charge in [-0.3, -0.25) is 0 Å². The largest absolute Gasteiger partial charge is 0.392 e. The van der Waals surface area contributed by atoms with Crippen LogP contribution >= 0.6 is 0 Å². The number of hydrogen-bond donors (Lipinski definition) is 3. The van der Waals surface area contributed by atoms with Gasteiger partial charge in [0.1, 0.15) is 0 Å². The number of benzene rings is 1. The van der Waals surface area contributed by atoms with E-state index in [1.807, 2.05) is 12.1 Å². The summed E-state index contributed by atoms with van der Waals surface area (Å²) in [5.41, 5.74) is 2.37. The van der Waals surface area contributed by atoms with E-state index in [0.717, 1.165) is 5.56 Å². The highest BCUT2D eigenvalue weighted by Crippen LogP contribution is 2.14. The van der Waals surface area contributed by atoms with Gasteiger partial charge in [0.15, 0.2) is 0 Å². The molecular weight excluding hydrogens is 202 g/mol. The summed E-state index contributed by atoms with van der Waals surface area (Å²) in [4.78, 5) is 0. The molecule has 1 fully saturated rings. The van der Waals surface area contributed by atoms with Gasteiger partial charge in [0.2, 0.25) is 0 Å². The molecule has 0 spiro atoms. The van der Waals surface area contributed by atoms with Crippen LogP contribution in [0.3, 0.4) is 0 Å². The van der Waals surface area contributed by atoms with Crippen LogP contribution in [0, 0.1) is 6.92 Å². The van der Waals surface area contributed by atoms with Crippen LogP contribution in [0.15, 0.2) is 24.3 Å². The molecule has 0 radical (unpaired) electrons. The smallest absolute Gasteiger partial charge is 0.0734 e. The van der Waals surface area contributed by atoms with Crippen LogP contribution in [-0.4, -0.2) is 35.0 Å². The van der Waals surface area contributed by atoms with E-state index >= 15 is 0 Å². The lowest BCUT2D eigenvalue weighted by molar-refractivity contribution is 0.124. The highest BCUT2D eigenvalue weighted by atomic mass is 16.3. The van der Waals surface area contributed by atoms with Crippen molar-refractivity contribution in [2.45, 2.75) is 38.0 Å². The number of hydrogen-bond acceptors (Lipinski definition) is 3. The average molecular weight is 221 g/mol. The maximum absolute atomic E-state index is 10.0. The van der Waals surface area contributed by atoms with Crippen LogP contribution < -0.4 is 5.32 Å². The third kappa shape index (κ3) is 2.82. The molecule has 16 heavy (non-hydrogen) atoms. The fourth-order valence-electron chi connectivity index (χ4n) is 2.15. The van der Waals surface area contributed by atoms with Crippen LogP contribution in [-0.2, 0) is 6.42 Å². The zero-order chi connectivity index (χ0) is 11.5. The lowest BCUT2D eigenvalue weighted by Crippen LogP contribution is -2.36. The van der Waals surface area contributed by atoms with Crippen LogP contribution in [0.2, 0.25) is 0 Å². The number of aliphatic hydroxyl groups excluding tert-OH is 2. The van der Waals surface area contributed by atoms with Gasteiger partial charge < -0.3 is 15.5 Å². The fraction of sp³-hybridized carbons (Fsp3) is 0.538. The van der Waals surface area contributed by atoms with Gasteiger partial charge in [-0.2, -0.15) is 0 Å². The van der Waals surface area contributed by atoms with Gasteiger partial charge >= 0.3 is 0 Å². The van der Waals surface area contributed by atoms with Crippen molar-refractivity contribution in [3.63, 3.8) is 0 Å². The molecule has 1 aromatic rings. The van der Waals surface area contributed by atoms with Crippen LogP contribution in [0.5, 0.6) is 0 Å². The minimum absolute atomic E-state index is 0.0244. The Morgan fingerprint density at radius 1 is 1.38 bits per heavy atom. The van der Waals surface area contributed by atoms with Crippen molar-refractivity contribution >= 4 is 0 Å². The van der Waals surface area contributed by atoms with E-state index < -0.39 is 6.10 Å². The Labute approximate surface area is 96.1 Å². The summed E-state index contributed by atoms with van der Waals surface area (Å²) in [5, 5.41) is 22.5. The summed E-state index contributed by atoms with van der Waals surface area (Å²) >= 11 is 0. The quantitative estimate of drug-likeness (QED) is 0.701. The number of rotatable bonds is 3. The third-order valence-electron chi connectivity index (χ3n) is 3.17. The van der Waals surface area contributed by atoms with Crippen molar-refractivity contribution in [2.24, 2.45) is 0 Å². The summed E-state index contributed by atoms with van der Waals surface area (Å²) in [6, 6.07) is 8.22. The van der Waals surface area contributed by atoms with Gasteiger partial charge in [-0.25, -0.2) is 0 Å². The van der Waals surface area contributed by atoms with Crippen molar-refractivity contribution in [2.75, 3.05) is 6.54 Å². The van der Waals surface area contributed by atoms with E-state index in [4.69, 9.17) is 0 Å². The monoisotopic (exact) mass is 221 g/mol. The summed E-state index contributed by atoms with van der Waals surface area (Å²) < 4.78 is 0. The molecule has 3 N–H and O–H groups in total. The minimum atomic E-state index is -0.417. The lowest BCUT2D eigenvalue weighted by atomic mass is 10.00. The molecule has 0 saturated carbocycles. The highest BCUT2D eigenvalue weighted by Gasteiger charge is 2.27. The van der Waals surface area contributed by atoms with Gasteiger partial charge in [-0.1, -0.05) is 29.8 Å². The number of aliphatic hydroxyl groups is 2.